The number of halogens is 1. The van der Waals surface area contributed by atoms with Gasteiger partial charge in [0.1, 0.15) is 5.76 Å². The molecule has 6 nitrogen and oxygen atoms in total. The van der Waals surface area contributed by atoms with Crippen molar-refractivity contribution in [3.05, 3.63) is 83.3 Å². The van der Waals surface area contributed by atoms with E-state index in [1.165, 1.54) is 0 Å². The molecule has 0 spiro atoms. The summed E-state index contributed by atoms with van der Waals surface area (Å²) in [5.41, 5.74) is 1.81. The largest absolute Gasteiger partial charge is 0.467 e. The fourth-order valence-corrected chi connectivity index (χ4v) is 2.54. The Labute approximate surface area is 161 Å². The van der Waals surface area contributed by atoms with Crippen molar-refractivity contribution in [3.63, 3.8) is 0 Å². The second-order valence-corrected chi connectivity index (χ2v) is 6.13. The molecule has 0 atom stereocenters. The van der Waals surface area contributed by atoms with Crippen LogP contribution in [0.15, 0.2) is 71.3 Å². The smallest absolute Gasteiger partial charge is 0.251 e. The fourth-order valence-electron chi connectivity index (χ4n) is 2.36. The molecule has 0 bridgehead atoms. The lowest BCUT2D eigenvalue weighted by atomic mass is 10.2. The van der Waals surface area contributed by atoms with Crippen LogP contribution in [0.4, 0.5) is 11.4 Å². The Hall–Kier alpha value is -3.25. The van der Waals surface area contributed by atoms with Crippen molar-refractivity contribution in [2.24, 2.45) is 0 Å². The fraction of sp³-hybridized carbons (Fsp3) is 0.100. The van der Waals surface area contributed by atoms with E-state index in [4.69, 9.17) is 16.0 Å². The van der Waals surface area contributed by atoms with E-state index in [9.17, 15) is 9.59 Å². The number of benzene rings is 2. The predicted molar refractivity (Wildman–Crippen MR) is 105 cm³/mol. The second kappa shape index (κ2) is 8.91. The molecule has 3 N–H and O–H groups in total. The minimum atomic E-state index is -0.219. The molecule has 1 heterocycles. The Morgan fingerprint density at radius 2 is 1.74 bits per heavy atom. The van der Waals surface area contributed by atoms with Crippen LogP contribution in [-0.2, 0) is 11.3 Å². The lowest BCUT2D eigenvalue weighted by Gasteiger charge is -2.09. The lowest BCUT2D eigenvalue weighted by molar-refractivity contribution is -0.114. The van der Waals surface area contributed by atoms with Crippen molar-refractivity contribution >= 4 is 34.8 Å². The predicted octanol–water partition coefficient (Wildman–Crippen LogP) is 3.91. The van der Waals surface area contributed by atoms with E-state index in [0.29, 0.717) is 28.6 Å². The quantitative estimate of drug-likeness (QED) is 0.577. The SMILES string of the molecule is O=C(CNc1ccc(C(=O)NCc2ccco2)cc1)Nc1ccccc1Cl. The molecular formula is C20H18ClN3O3. The number of nitrogens with one attached hydrogen (secondary N) is 3. The molecule has 27 heavy (non-hydrogen) atoms. The highest BCUT2D eigenvalue weighted by Crippen LogP contribution is 2.20. The number of para-hydroxylation sites is 1. The maximum absolute atomic E-state index is 12.1. The van der Waals surface area contributed by atoms with E-state index in [1.807, 2.05) is 0 Å². The first-order chi connectivity index (χ1) is 13.1. The minimum Gasteiger partial charge on any atom is -0.467 e. The number of rotatable bonds is 7. The van der Waals surface area contributed by atoms with Crippen LogP contribution in [0.2, 0.25) is 5.02 Å². The number of anilines is 2. The molecule has 0 aliphatic carbocycles. The molecule has 0 saturated carbocycles. The second-order valence-electron chi connectivity index (χ2n) is 5.72. The van der Waals surface area contributed by atoms with Crippen LogP contribution in [0, 0.1) is 0 Å². The maximum atomic E-state index is 12.1. The van der Waals surface area contributed by atoms with Gasteiger partial charge in [-0.25, -0.2) is 0 Å². The third kappa shape index (κ3) is 5.36. The van der Waals surface area contributed by atoms with Crippen LogP contribution in [0.25, 0.3) is 0 Å². The highest BCUT2D eigenvalue weighted by molar-refractivity contribution is 6.33. The first-order valence-electron chi connectivity index (χ1n) is 8.31. The van der Waals surface area contributed by atoms with Gasteiger partial charge in [-0.05, 0) is 48.5 Å². The van der Waals surface area contributed by atoms with Gasteiger partial charge in [-0.1, -0.05) is 23.7 Å². The van der Waals surface area contributed by atoms with E-state index in [-0.39, 0.29) is 18.4 Å². The van der Waals surface area contributed by atoms with Crippen molar-refractivity contribution in [1.29, 1.82) is 0 Å². The van der Waals surface area contributed by atoms with E-state index >= 15 is 0 Å². The van der Waals surface area contributed by atoms with E-state index in [2.05, 4.69) is 16.0 Å². The molecule has 0 saturated heterocycles. The molecule has 138 valence electrons. The van der Waals surface area contributed by atoms with E-state index < -0.39 is 0 Å². The molecule has 2 aromatic carbocycles. The van der Waals surface area contributed by atoms with Crippen LogP contribution < -0.4 is 16.0 Å². The van der Waals surface area contributed by atoms with Gasteiger partial charge in [-0.3, -0.25) is 9.59 Å². The summed E-state index contributed by atoms with van der Waals surface area (Å²) >= 11 is 6.01. The van der Waals surface area contributed by atoms with Crippen LogP contribution in [0.3, 0.4) is 0 Å². The average molecular weight is 384 g/mol. The zero-order valence-corrected chi connectivity index (χ0v) is 15.1. The summed E-state index contributed by atoms with van der Waals surface area (Å²) in [4.78, 5) is 24.1. The van der Waals surface area contributed by atoms with E-state index in [1.54, 1.807) is 66.9 Å². The monoisotopic (exact) mass is 383 g/mol. The Balaban J connectivity index is 1.48. The number of carbonyl (C=O) groups is 2. The molecule has 0 aliphatic heterocycles. The van der Waals surface area contributed by atoms with Gasteiger partial charge in [0.15, 0.2) is 0 Å². The van der Waals surface area contributed by atoms with Crippen LogP contribution in [-0.4, -0.2) is 18.4 Å². The Morgan fingerprint density at radius 1 is 0.963 bits per heavy atom. The van der Waals surface area contributed by atoms with Crippen molar-refractivity contribution in [2.75, 3.05) is 17.2 Å². The standard InChI is InChI=1S/C20H18ClN3O3/c21-17-5-1-2-6-18(17)24-19(25)13-22-15-9-7-14(8-10-15)20(26)23-12-16-4-3-11-27-16/h1-11,22H,12-13H2,(H,23,26)(H,24,25). The third-order valence-electron chi connectivity index (χ3n) is 3.75. The number of hydrogen-bond donors (Lipinski definition) is 3. The molecule has 7 heteroatoms. The van der Waals surface area contributed by atoms with Gasteiger partial charge in [0.25, 0.3) is 5.91 Å². The minimum absolute atomic E-state index is 0.0786. The Morgan fingerprint density at radius 3 is 2.44 bits per heavy atom. The van der Waals surface area contributed by atoms with Crippen molar-refractivity contribution in [2.45, 2.75) is 6.54 Å². The molecule has 0 fully saturated rings. The van der Waals surface area contributed by atoms with Gasteiger partial charge in [0.2, 0.25) is 5.91 Å². The normalized spacial score (nSPS) is 10.3. The van der Waals surface area contributed by atoms with Gasteiger partial charge in [-0.15, -0.1) is 0 Å². The summed E-state index contributed by atoms with van der Waals surface area (Å²) in [5, 5.41) is 8.99. The molecule has 2 amide bonds. The van der Waals surface area contributed by atoms with Crippen LogP contribution in [0.1, 0.15) is 16.1 Å². The highest BCUT2D eigenvalue weighted by atomic mass is 35.5. The molecule has 0 aliphatic rings. The summed E-state index contributed by atoms with van der Waals surface area (Å²) in [6, 6.07) is 17.4. The molecule has 3 rings (SSSR count). The zero-order chi connectivity index (χ0) is 19.1. The van der Waals surface area contributed by atoms with Crippen molar-refractivity contribution in [1.82, 2.24) is 5.32 Å². The van der Waals surface area contributed by atoms with Gasteiger partial charge >= 0.3 is 0 Å². The molecule has 3 aromatic rings. The summed E-state index contributed by atoms with van der Waals surface area (Å²) in [5.74, 6) is 0.268. The van der Waals surface area contributed by atoms with Crippen LogP contribution >= 0.6 is 11.6 Å². The molecular weight excluding hydrogens is 366 g/mol. The summed E-state index contributed by atoms with van der Waals surface area (Å²) in [6.45, 7) is 0.406. The number of amides is 2. The summed E-state index contributed by atoms with van der Waals surface area (Å²) in [6.07, 6.45) is 1.56. The number of hydrogen-bond acceptors (Lipinski definition) is 4. The Kier molecular flexibility index (Phi) is 6.12. The van der Waals surface area contributed by atoms with Crippen LogP contribution in [0.5, 0.6) is 0 Å². The topological polar surface area (TPSA) is 83.4 Å². The lowest BCUT2D eigenvalue weighted by Crippen LogP contribution is -2.23. The summed E-state index contributed by atoms with van der Waals surface area (Å²) in [7, 11) is 0. The average Bonchev–Trinajstić information content (AvgIpc) is 3.20. The van der Waals surface area contributed by atoms with E-state index in [0.717, 1.165) is 5.69 Å². The van der Waals surface area contributed by atoms with Crippen molar-refractivity contribution < 1.29 is 14.0 Å². The van der Waals surface area contributed by atoms with Gasteiger partial charge in [0.05, 0.1) is 30.1 Å². The zero-order valence-electron chi connectivity index (χ0n) is 14.4. The third-order valence-corrected chi connectivity index (χ3v) is 4.08. The first kappa shape index (κ1) is 18.5. The highest BCUT2D eigenvalue weighted by Gasteiger charge is 2.08. The van der Waals surface area contributed by atoms with Gasteiger partial charge < -0.3 is 20.4 Å². The Bertz CT molecular complexity index is 908. The molecule has 0 unspecified atom stereocenters. The van der Waals surface area contributed by atoms with Gasteiger partial charge in [0, 0.05) is 11.3 Å². The summed E-state index contributed by atoms with van der Waals surface area (Å²) < 4.78 is 5.17. The number of carbonyl (C=O) groups excluding carboxylic acids is 2. The molecule has 0 radical (unpaired) electrons. The first-order valence-corrected chi connectivity index (χ1v) is 8.68. The maximum Gasteiger partial charge on any atom is 0.251 e. The van der Waals surface area contributed by atoms with Gasteiger partial charge in [-0.2, -0.15) is 0 Å². The van der Waals surface area contributed by atoms with Crippen molar-refractivity contribution in [3.8, 4) is 0 Å². The molecule has 1 aromatic heterocycles. The number of furan rings is 1.